The maximum Gasteiger partial charge on any atom is 0.234 e. The van der Waals surface area contributed by atoms with E-state index in [1.165, 1.54) is 6.42 Å². The van der Waals surface area contributed by atoms with Crippen LogP contribution in [-0.2, 0) is 6.54 Å². The highest BCUT2D eigenvalue weighted by Gasteiger charge is 2.21. The van der Waals surface area contributed by atoms with Crippen LogP contribution in [-0.4, -0.2) is 34.8 Å². The molecule has 1 atom stereocenters. The van der Waals surface area contributed by atoms with Crippen LogP contribution in [0.1, 0.15) is 31.9 Å². The highest BCUT2D eigenvalue weighted by atomic mass is 32.1. The first-order chi connectivity index (χ1) is 15.1. The van der Waals surface area contributed by atoms with Gasteiger partial charge in [-0.25, -0.2) is 0 Å². The number of nitrogens with zero attached hydrogens (tertiary/aromatic N) is 3. The number of rotatable bonds is 6. The molecule has 3 aromatic rings. The zero-order valence-electron chi connectivity index (χ0n) is 17.8. The molecule has 0 spiro atoms. The number of aromatic nitrogens is 2. The lowest BCUT2D eigenvalue weighted by molar-refractivity contribution is 0.396. The normalized spacial score (nSPS) is 16.1. The number of benzene rings is 1. The first-order valence-corrected chi connectivity index (χ1v) is 10.9. The summed E-state index contributed by atoms with van der Waals surface area (Å²) in [6.45, 7) is 3.66. The third-order valence-electron chi connectivity index (χ3n) is 5.36. The monoisotopic (exact) mass is 437 g/mol. The van der Waals surface area contributed by atoms with Gasteiger partial charge in [0.25, 0.3) is 0 Å². The molecule has 1 unspecified atom stereocenters. The van der Waals surface area contributed by atoms with E-state index in [1.54, 1.807) is 7.11 Å². The number of ether oxygens (including phenoxy) is 1. The summed E-state index contributed by atoms with van der Waals surface area (Å²) in [4.78, 5) is 11.4. The average molecular weight is 438 g/mol. The fraction of sp³-hybridized carbons (Fsp3) is 0.348. The van der Waals surface area contributed by atoms with E-state index in [0.29, 0.717) is 29.5 Å². The highest BCUT2D eigenvalue weighted by molar-refractivity contribution is 7.80. The van der Waals surface area contributed by atoms with Gasteiger partial charge in [0, 0.05) is 24.2 Å². The number of methoxy groups -OCH3 is 1. The fourth-order valence-electron chi connectivity index (χ4n) is 3.70. The molecule has 2 aromatic heterocycles. The minimum absolute atomic E-state index is 0.411. The number of piperidine rings is 1. The van der Waals surface area contributed by atoms with Crippen LogP contribution in [0.25, 0.3) is 11.3 Å². The Morgan fingerprint density at radius 3 is 2.81 bits per heavy atom. The van der Waals surface area contributed by atoms with Gasteiger partial charge in [-0.3, -0.25) is 0 Å². The third-order valence-corrected chi connectivity index (χ3v) is 5.61. The molecular formula is C23H27N5O2S. The van der Waals surface area contributed by atoms with Crippen molar-refractivity contribution in [3.63, 3.8) is 0 Å². The van der Waals surface area contributed by atoms with Gasteiger partial charge in [-0.05, 0) is 50.5 Å². The van der Waals surface area contributed by atoms with Gasteiger partial charge < -0.3 is 24.7 Å². The zero-order valence-corrected chi connectivity index (χ0v) is 18.6. The second-order valence-electron chi connectivity index (χ2n) is 7.57. The molecule has 2 N–H and O–H groups in total. The maximum absolute atomic E-state index is 5.91. The predicted molar refractivity (Wildman–Crippen MR) is 126 cm³/mol. The van der Waals surface area contributed by atoms with E-state index in [2.05, 4.69) is 32.4 Å². The van der Waals surface area contributed by atoms with E-state index in [-0.39, 0.29) is 0 Å². The lowest BCUT2D eigenvalue weighted by Gasteiger charge is -2.34. The second kappa shape index (κ2) is 9.78. The van der Waals surface area contributed by atoms with Crippen LogP contribution in [0.15, 0.2) is 52.9 Å². The molecule has 1 aliphatic heterocycles. The van der Waals surface area contributed by atoms with Gasteiger partial charge in [0.1, 0.15) is 17.3 Å². The number of anilines is 2. The van der Waals surface area contributed by atoms with Gasteiger partial charge in [0.05, 0.1) is 13.7 Å². The Morgan fingerprint density at radius 2 is 2.03 bits per heavy atom. The molecule has 3 heterocycles. The molecule has 1 aromatic carbocycles. The van der Waals surface area contributed by atoms with Crippen molar-refractivity contribution in [2.75, 3.05) is 23.9 Å². The van der Waals surface area contributed by atoms with E-state index in [1.807, 2.05) is 48.5 Å². The average Bonchev–Trinajstić information content (AvgIpc) is 3.27. The lowest BCUT2D eigenvalue weighted by atomic mass is 10.0. The zero-order chi connectivity index (χ0) is 21.6. The summed E-state index contributed by atoms with van der Waals surface area (Å²) in [6.07, 6.45) is 3.56. The van der Waals surface area contributed by atoms with Crippen molar-refractivity contribution in [1.82, 2.24) is 15.3 Å². The first kappa shape index (κ1) is 21.1. The number of nitrogens with one attached hydrogen (secondary N) is 2. The number of furan rings is 1. The number of hydrogen-bond donors (Lipinski definition) is 2. The van der Waals surface area contributed by atoms with Crippen molar-refractivity contribution in [3.05, 3.63) is 54.3 Å². The summed E-state index contributed by atoms with van der Waals surface area (Å²) in [5.74, 6) is 3.38. The molecule has 1 saturated heterocycles. The Hall–Kier alpha value is -3.13. The van der Waals surface area contributed by atoms with Crippen molar-refractivity contribution in [2.24, 2.45) is 0 Å². The molecule has 0 amide bonds. The fourth-order valence-corrected chi connectivity index (χ4v) is 3.87. The molecule has 0 saturated carbocycles. The first-order valence-electron chi connectivity index (χ1n) is 10.5. The van der Waals surface area contributed by atoms with E-state index in [9.17, 15) is 0 Å². The molecule has 162 valence electrons. The van der Waals surface area contributed by atoms with Crippen LogP contribution < -0.4 is 20.3 Å². The summed E-state index contributed by atoms with van der Waals surface area (Å²) in [5.41, 5.74) is 1.04. The van der Waals surface area contributed by atoms with Crippen molar-refractivity contribution >= 4 is 29.1 Å². The van der Waals surface area contributed by atoms with Crippen LogP contribution in [0, 0.1) is 0 Å². The van der Waals surface area contributed by atoms with Crippen LogP contribution in [0.3, 0.4) is 0 Å². The summed E-state index contributed by atoms with van der Waals surface area (Å²) < 4.78 is 11.3. The van der Waals surface area contributed by atoms with E-state index in [4.69, 9.17) is 21.4 Å². The molecule has 7 nitrogen and oxygen atoms in total. The third kappa shape index (κ3) is 5.32. The SMILES string of the molecule is COc1cc(N2CCCCC2C)nc(NC(=S)NCc2ccc(-c3ccccc3)o2)n1. The largest absolute Gasteiger partial charge is 0.481 e. The Labute approximate surface area is 187 Å². The van der Waals surface area contributed by atoms with Crippen molar-refractivity contribution < 1.29 is 9.15 Å². The topological polar surface area (TPSA) is 75.5 Å². The van der Waals surface area contributed by atoms with Crippen LogP contribution in [0.4, 0.5) is 11.8 Å². The molecule has 0 aliphatic carbocycles. The summed E-state index contributed by atoms with van der Waals surface area (Å²) in [6, 6.07) is 16.2. The quantitative estimate of drug-likeness (QED) is 0.542. The number of hydrogen-bond acceptors (Lipinski definition) is 6. The minimum Gasteiger partial charge on any atom is -0.481 e. The summed E-state index contributed by atoms with van der Waals surface area (Å²) in [5, 5.41) is 6.64. The maximum atomic E-state index is 5.91. The van der Waals surface area contributed by atoms with Crippen LogP contribution >= 0.6 is 12.2 Å². The molecule has 4 rings (SSSR count). The molecule has 1 aliphatic rings. The van der Waals surface area contributed by atoms with Gasteiger partial charge in [-0.2, -0.15) is 9.97 Å². The van der Waals surface area contributed by atoms with E-state index >= 15 is 0 Å². The Morgan fingerprint density at radius 1 is 1.19 bits per heavy atom. The molecule has 31 heavy (non-hydrogen) atoms. The molecule has 0 bridgehead atoms. The van der Waals surface area contributed by atoms with E-state index in [0.717, 1.165) is 42.3 Å². The molecule has 0 radical (unpaired) electrons. The summed E-state index contributed by atoms with van der Waals surface area (Å²) in [7, 11) is 1.60. The van der Waals surface area contributed by atoms with Gasteiger partial charge >= 0.3 is 0 Å². The Balaban J connectivity index is 1.39. The van der Waals surface area contributed by atoms with E-state index < -0.39 is 0 Å². The van der Waals surface area contributed by atoms with Gasteiger partial charge in [-0.1, -0.05) is 30.3 Å². The Kier molecular flexibility index (Phi) is 6.66. The smallest absolute Gasteiger partial charge is 0.234 e. The second-order valence-corrected chi connectivity index (χ2v) is 7.98. The molecular weight excluding hydrogens is 410 g/mol. The lowest BCUT2D eigenvalue weighted by Crippen LogP contribution is -2.38. The highest BCUT2D eigenvalue weighted by Crippen LogP contribution is 2.26. The minimum atomic E-state index is 0.411. The predicted octanol–water partition coefficient (Wildman–Crippen LogP) is 4.61. The number of thiocarbonyl (C=S) groups is 1. The standard InChI is InChI=1S/C23H27N5O2S/c1-16-8-6-7-13-28(16)20-14-21(29-2)26-22(25-20)27-23(31)24-15-18-11-12-19(30-18)17-9-4-3-5-10-17/h3-5,9-12,14,16H,6-8,13,15H2,1-2H3,(H2,24,25,26,27,31). The summed E-state index contributed by atoms with van der Waals surface area (Å²) >= 11 is 5.44. The van der Waals surface area contributed by atoms with Crippen molar-refractivity contribution in [3.8, 4) is 17.2 Å². The Bertz CT molecular complexity index is 1020. The molecule has 1 fully saturated rings. The molecule has 8 heteroatoms. The van der Waals surface area contributed by atoms with Gasteiger partial charge in [0.15, 0.2) is 5.11 Å². The van der Waals surface area contributed by atoms with Crippen molar-refractivity contribution in [1.29, 1.82) is 0 Å². The van der Waals surface area contributed by atoms with Gasteiger partial charge in [-0.15, -0.1) is 0 Å². The van der Waals surface area contributed by atoms with Crippen LogP contribution in [0.2, 0.25) is 0 Å². The van der Waals surface area contributed by atoms with Crippen LogP contribution in [0.5, 0.6) is 5.88 Å². The van der Waals surface area contributed by atoms with Gasteiger partial charge in [0.2, 0.25) is 11.8 Å². The van der Waals surface area contributed by atoms with Crippen molar-refractivity contribution in [2.45, 2.75) is 38.8 Å².